The number of hydrogen-bond acceptors (Lipinski definition) is 5. The van der Waals surface area contributed by atoms with Gasteiger partial charge in [-0.15, -0.1) is 0 Å². The van der Waals surface area contributed by atoms with Crippen molar-refractivity contribution in [3.8, 4) is 0 Å². The molecule has 0 bridgehead atoms. The number of aromatic nitrogens is 6. The van der Waals surface area contributed by atoms with Crippen LogP contribution in [0.5, 0.6) is 0 Å². The summed E-state index contributed by atoms with van der Waals surface area (Å²) in [5, 5.41) is 3.47. The lowest BCUT2D eigenvalue weighted by Crippen LogP contribution is -2.33. The monoisotopic (exact) mass is 342 g/mol. The first-order valence-electron chi connectivity index (χ1n) is 8.45. The van der Waals surface area contributed by atoms with Gasteiger partial charge in [0.25, 0.3) is 0 Å². The van der Waals surface area contributed by atoms with E-state index in [9.17, 15) is 0 Å². The fourth-order valence-electron chi connectivity index (χ4n) is 2.72. The smallest absolute Gasteiger partial charge is 0.122 e. The second kappa shape index (κ2) is 8.09. The molecule has 0 unspecified atom stereocenters. The number of aryl methyl sites for hydroxylation is 3. The molecule has 0 atom stereocenters. The van der Waals surface area contributed by atoms with Gasteiger partial charge in [-0.25, -0.2) is 15.0 Å². The minimum Gasteiger partial charge on any atom is -0.337 e. The summed E-state index contributed by atoms with van der Waals surface area (Å²) < 4.78 is 6.16. The molecule has 134 valence electrons. The molecule has 0 saturated heterocycles. The highest BCUT2D eigenvalue weighted by Gasteiger charge is 2.12. The summed E-state index contributed by atoms with van der Waals surface area (Å²) in [5.74, 6) is 3.15. The molecular weight excluding hydrogens is 316 g/mol. The van der Waals surface area contributed by atoms with Gasteiger partial charge in [-0.1, -0.05) is 0 Å². The normalized spacial score (nSPS) is 11.5. The summed E-state index contributed by atoms with van der Waals surface area (Å²) in [6.07, 6.45) is 11.4. The molecule has 0 saturated carbocycles. The van der Waals surface area contributed by atoms with E-state index < -0.39 is 0 Å². The van der Waals surface area contributed by atoms with E-state index in [0.717, 1.165) is 50.2 Å². The highest BCUT2D eigenvalue weighted by Crippen LogP contribution is 2.06. The first kappa shape index (κ1) is 17.4. The SMILES string of the molecule is Cn1ccnc1CNCCN(Cc1nccn1C)Cc1nccn1C. The third-order valence-electron chi connectivity index (χ3n) is 4.38. The number of rotatable bonds is 9. The van der Waals surface area contributed by atoms with Gasteiger partial charge in [-0.2, -0.15) is 0 Å². The van der Waals surface area contributed by atoms with Crippen molar-refractivity contribution in [3.63, 3.8) is 0 Å². The molecule has 3 heterocycles. The first-order valence-corrected chi connectivity index (χ1v) is 8.45. The van der Waals surface area contributed by atoms with Crippen LogP contribution in [0.25, 0.3) is 0 Å². The zero-order chi connectivity index (χ0) is 17.6. The third kappa shape index (κ3) is 4.55. The van der Waals surface area contributed by atoms with Gasteiger partial charge in [0.2, 0.25) is 0 Å². The Morgan fingerprint density at radius 1 is 0.800 bits per heavy atom. The molecule has 0 aromatic carbocycles. The van der Waals surface area contributed by atoms with Crippen molar-refractivity contribution in [2.45, 2.75) is 19.6 Å². The van der Waals surface area contributed by atoms with Crippen LogP contribution in [0, 0.1) is 0 Å². The molecule has 0 radical (unpaired) electrons. The summed E-state index contributed by atoms with van der Waals surface area (Å²) >= 11 is 0. The van der Waals surface area contributed by atoms with Crippen molar-refractivity contribution in [2.24, 2.45) is 21.1 Å². The van der Waals surface area contributed by atoms with Crippen LogP contribution >= 0.6 is 0 Å². The summed E-state index contributed by atoms with van der Waals surface area (Å²) in [7, 11) is 6.07. The highest BCUT2D eigenvalue weighted by atomic mass is 15.2. The predicted octanol–water partition coefficient (Wildman–Crippen LogP) is 0.679. The van der Waals surface area contributed by atoms with Gasteiger partial charge in [-0.3, -0.25) is 4.90 Å². The topological polar surface area (TPSA) is 68.7 Å². The largest absolute Gasteiger partial charge is 0.337 e. The van der Waals surface area contributed by atoms with Crippen molar-refractivity contribution >= 4 is 0 Å². The fourth-order valence-corrected chi connectivity index (χ4v) is 2.72. The van der Waals surface area contributed by atoms with E-state index in [2.05, 4.69) is 34.3 Å². The van der Waals surface area contributed by atoms with E-state index in [4.69, 9.17) is 0 Å². The second-order valence-corrected chi connectivity index (χ2v) is 6.25. The Morgan fingerprint density at radius 2 is 1.28 bits per heavy atom. The van der Waals surface area contributed by atoms with Gasteiger partial charge in [0.1, 0.15) is 17.5 Å². The summed E-state index contributed by atoms with van der Waals surface area (Å²) in [5.41, 5.74) is 0. The van der Waals surface area contributed by atoms with Gasteiger partial charge in [-0.05, 0) is 0 Å². The number of nitrogens with zero attached hydrogens (tertiary/aromatic N) is 7. The molecule has 8 nitrogen and oxygen atoms in total. The Morgan fingerprint density at radius 3 is 1.72 bits per heavy atom. The Labute approximate surface area is 148 Å². The van der Waals surface area contributed by atoms with Gasteiger partial charge in [0, 0.05) is 71.4 Å². The second-order valence-electron chi connectivity index (χ2n) is 6.25. The van der Waals surface area contributed by atoms with E-state index in [-0.39, 0.29) is 0 Å². The van der Waals surface area contributed by atoms with Crippen LogP contribution < -0.4 is 5.32 Å². The number of imidazole rings is 3. The molecule has 0 amide bonds. The van der Waals surface area contributed by atoms with E-state index >= 15 is 0 Å². The van der Waals surface area contributed by atoms with Crippen molar-refractivity contribution in [2.75, 3.05) is 13.1 Å². The molecule has 3 aromatic rings. The third-order valence-corrected chi connectivity index (χ3v) is 4.38. The average molecular weight is 342 g/mol. The average Bonchev–Trinajstić information content (AvgIpc) is 3.29. The molecule has 1 N–H and O–H groups in total. The molecule has 0 aliphatic heterocycles. The molecule has 0 aliphatic carbocycles. The molecular formula is C17H26N8. The Bertz CT molecular complexity index is 742. The molecule has 3 aromatic heterocycles. The summed E-state index contributed by atoms with van der Waals surface area (Å²) in [6, 6.07) is 0. The van der Waals surface area contributed by atoms with E-state index in [1.165, 1.54) is 0 Å². The standard InChI is InChI=1S/C17H26N8/c1-22-8-5-19-15(22)12-18-4-11-25(13-16-20-6-9-23(16)2)14-17-21-7-10-24(17)3/h5-10,18H,4,11-14H2,1-3H3. The maximum atomic E-state index is 4.45. The van der Waals surface area contributed by atoms with Crippen molar-refractivity contribution < 1.29 is 0 Å². The van der Waals surface area contributed by atoms with Crippen LogP contribution in [-0.4, -0.2) is 46.6 Å². The van der Waals surface area contributed by atoms with Gasteiger partial charge >= 0.3 is 0 Å². The molecule has 0 spiro atoms. The lowest BCUT2D eigenvalue weighted by atomic mass is 10.4. The van der Waals surface area contributed by atoms with E-state index in [0.29, 0.717) is 0 Å². The summed E-state index contributed by atoms with van der Waals surface area (Å²) in [4.78, 5) is 15.6. The predicted molar refractivity (Wildman–Crippen MR) is 95.4 cm³/mol. The van der Waals surface area contributed by atoms with E-state index in [1.54, 1.807) is 0 Å². The van der Waals surface area contributed by atoms with Crippen LogP contribution in [-0.2, 0) is 40.8 Å². The van der Waals surface area contributed by atoms with Gasteiger partial charge < -0.3 is 19.0 Å². The maximum absolute atomic E-state index is 4.45. The van der Waals surface area contributed by atoms with Crippen LogP contribution in [0.4, 0.5) is 0 Å². The van der Waals surface area contributed by atoms with E-state index in [1.807, 2.05) is 62.9 Å². The van der Waals surface area contributed by atoms with Gasteiger partial charge in [0.05, 0.1) is 19.6 Å². The summed E-state index contributed by atoms with van der Waals surface area (Å²) in [6.45, 7) is 4.13. The molecule has 25 heavy (non-hydrogen) atoms. The molecule has 3 rings (SSSR count). The fraction of sp³-hybridized carbons (Fsp3) is 0.471. The maximum Gasteiger partial charge on any atom is 0.122 e. The van der Waals surface area contributed by atoms with Crippen molar-refractivity contribution in [3.05, 3.63) is 54.7 Å². The minimum atomic E-state index is 0.766. The zero-order valence-corrected chi connectivity index (χ0v) is 15.1. The van der Waals surface area contributed by atoms with Gasteiger partial charge in [0.15, 0.2) is 0 Å². The van der Waals surface area contributed by atoms with Crippen molar-refractivity contribution in [1.82, 2.24) is 38.9 Å². The van der Waals surface area contributed by atoms with Crippen LogP contribution in [0.2, 0.25) is 0 Å². The number of nitrogens with one attached hydrogen (secondary N) is 1. The van der Waals surface area contributed by atoms with Crippen molar-refractivity contribution in [1.29, 1.82) is 0 Å². The Kier molecular flexibility index (Phi) is 5.62. The lowest BCUT2D eigenvalue weighted by molar-refractivity contribution is 0.239. The first-order chi connectivity index (χ1) is 12.1. The molecule has 0 aliphatic rings. The lowest BCUT2D eigenvalue weighted by Gasteiger charge is -2.22. The van der Waals surface area contributed by atoms with Crippen LogP contribution in [0.15, 0.2) is 37.2 Å². The molecule has 0 fully saturated rings. The molecule has 8 heteroatoms. The Hall–Kier alpha value is -2.45. The minimum absolute atomic E-state index is 0.766. The Balaban J connectivity index is 1.57. The quantitative estimate of drug-likeness (QED) is 0.579. The zero-order valence-electron chi connectivity index (χ0n) is 15.1. The van der Waals surface area contributed by atoms with Crippen LogP contribution in [0.3, 0.4) is 0 Å². The highest BCUT2D eigenvalue weighted by molar-refractivity contribution is 4.95. The van der Waals surface area contributed by atoms with Crippen LogP contribution in [0.1, 0.15) is 17.5 Å². The number of hydrogen-bond donors (Lipinski definition) is 1.